The van der Waals surface area contributed by atoms with Crippen LogP contribution in [0.4, 0.5) is 0 Å². The van der Waals surface area contributed by atoms with Crippen molar-refractivity contribution in [3.8, 4) is 0 Å². The zero-order valence-electron chi connectivity index (χ0n) is 14.1. The molecule has 0 aliphatic carbocycles. The third kappa shape index (κ3) is 5.20. The molecule has 7 nitrogen and oxygen atoms in total. The van der Waals surface area contributed by atoms with Crippen molar-refractivity contribution < 1.29 is 23.1 Å². The van der Waals surface area contributed by atoms with Crippen LogP contribution in [0.25, 0.3) is 0 Å². The van der Waals surface area contributed by atoms with Gasteiger partial charge in [0.1, 0.15) is 5.25 Å². The zero-order valence-corrected chi connectivity index (χ0v) is 15.8. The number of hydrogen-bond acceptors (Lipinski definition) is 5. The van der Waals surface area contributed by atoms with Crippen LogP contribution in [0.1, 0.15) is 30.1 Å². The topological polar surface area (TPSA) is 104 Å². The number of nitrogens with zero attached hydrogens (tertiary/aromatic N) is 1. The summed E-state index contributed by atoms with van der Waals surface area (Å²) in [6.45, 7) is 2.27. The van der Waals surface area contributed by atoms with Crippen molar-refractivity contribution in [3.05, 3.63) is 29.8 Å². The summed E-state index contributed by atoms with van der Waals surface area (Å²) in [5.41, 5.74) is 0.393. The number of thioether (sulfide) groups is 1. The van der Waals surface area contributed by atoms with Crippen molar-refractivity contribution in [2.75, 3.05) is 19.3 Å². The van der Waals surface area contributed by atoms with Gasteiger partial charge in [0.05, 0.1) is 11.8 Å². The third-order valence-corrected chi connectivity index (χ3v) is 6.53. The van der Waals surface area contributed by atoms with Crippen molar-refractivity contribution >= 4 is 33.7 Å². The molecule has 1 amide bonds. The first-order chi connectivity index (χ1) is 11.7. The fourth-order valence-electron chi connectivity index (χ4n) is 2.75. The molecule has 2 atom stereocenters. The molecule has 0 bridgehead atoms. The summed E-state index contributed by atoms with van der Waals surface area (Å²) in [5.74, 6) is -1.28. The third-order valence-electron chi connectivity index (χ3n) is 4.03. The number of aliphatic carboxylic acids is 1. The fraction of sp³-hybridized carbons (Fsp3) is 0.500. The second-order valence-electron chi connectivity index (χ2n) is 5.97. The van der Waals surface area contributed by atoms with Crippen LogP contribution in [0, 0.1) is 0 Å². The molecule has 2 rings (SSSR count). The van der Waals surface area contributed by atoms with Crippen LogP contribution in [-0.2, 0) is 14.8 Å². The molecule has 1 aliphatic heterocycles. The van der Waals surface area contributed by atoms with Crippen LogP contribution < -0.4 is 5.32 Å². The highest BCUT2D eigenvalue weighted by molar-refractivity contribution is 8.00. The number of rotatable bonds is 7. The molecule has 9 heteroatoms. The Labute approximate surface area is 151 Å². The number of carboxylic acids is 1. The smallest absolute Gasteiger partial charge is 0.316 e. The van der Waals surface area contributed by atoms with E-state index in [1.165, 1.54) is 10.6 Å². The Morgan fingerprint density at radius 1 is 1.40 bits per heavy atom. The average molecular weight is 386 g/mol. The van der Waals surface area contributed by atoms with Gasteiger partial charge in [0.15, 0.2) is 0 Å². The van der Waals surface area contributed by atoms with Crippen LogP contribution in [0.2, 0.25) is 0 Å². The summed E-state index contributed by atoms with van der Waals surface area (Å²) >= 11 is 1.10. The number of sulfonamides is 1. The fourth-order valence-corrected chi connectivity index (χ4v) is 4.86. The SMILES string of the molecule is CC(Sc1ccccc1C(=O)NC[C@H]1CCCN1S(C)(=O)=O)C(=O)O. The number of carbonyl (C=O) groups is 2. The van der Waals surface area contributed by atoms with E-state index in [4.69, 9.17) is 5.11 Å². The van der Waals surface area contributed by atoms with Gasteiger partial charge in [-0.1, -0.05) is 12.1 Å². The highest BCUT2D eigenvalue weighted by Gasteiger charge is 2.31. The van der Waals surface area contributed by atoms with E-state index in [9.17, 15) is 18.0 Å². The molecule has 1 heterocycles. The molecule has 1 saturated heterocycles. The largest absolute Gasteiger partial charge is 0.480 e. The molecule has 0 spiro atoms. The number of hydrogen-bond donors (Lipinski definition) is 2. The van der Waals surface area contributed by atoms with Crippen LogP contribution in [0.5, 0.6) is 0 Å². The second-order valence-corrected chi connectivity index (χ2v) is 9.29. The Kier molecular flexibility index (Phi) is 6.47. The molecule has 1 aromatic rings. The van der Waals surface area contributed by atoms with Gasteiger partial charge in [-0.15, -0.1) is 11.8 Å². The average Bonchev–Trinajstić information content (AvgIpc) is 3.01. The van der Waals surface area contributed by atoms with Gasteiger partial charge in [0, 0.05) is 24.0 Å². The molecule has 138 valence electrons. The van der Waals surface area contributed by atoms with Crippen molar-refractivity contribution in [1.29, 1.82) is 0 Å². The molecule has 1 fully saturated rings. The van der Waals surface area contributed by atoms with Crippen LogP contribution >= 0.6 is 11.8 Å². The Balaban J connectivity index is 2.05. The van der Waals surface area contributed by atoms with Crippen LogP contribution in [0.15, 0.2) is 29.2 Å². The van der Waals surface area contributed by atoms with E-state index in [0.29, 0.717) is 23.4 Å². The number of amides is 1. The van der Waals surface area contributed by atoms with Gasteiger partial charge in [0.2, 0.25) is 10.0 Å². The summed E-state index contributed by atoms with van der Waals surface area (Å²) in [4.78, 5) is 24.1. The summed E-state index contributed by atoms with van der Waals surface area (Å²) < 4.78 is 24.9. The van der Waals surface area contributed by atoms with Gasteiger partial charge in [-0.05, 0) is 31.9 Å². The highest BCUT2D eigenvalue weighted by atomic mass is 32.2. The lowest BCUT2D eigenvalue weighted by Gasteiger charge is -2.22. The minimum atomic E-state index is -3.29. The minimum absolute atomic E-state index is 0.236. The first-order valence-corrected chi connectivity index (χ1v) is 10.7. The minimum Gasteiger partial charge on any atom is -0.480 e. The Bertz CT molecular complexity index is 751. The van der Waals surface area contributed by atoms with E-state index in [-0.39, 0.29) is 18.5 Å². The molecule has 25 heavy (non-hydrogen) atoms. The molecule has 0 aromatic heterocycles. The van der Waals surface area contributed by atoms with Gasteiger partial charge >= 0.3 is 5.97 Å². The highest BCUT2D eigenvalue weighted by Crippen LogP contribution is 2.27. The van der Waals surface area contributed by atoms with Crippen LogP contribution in [0.3, 0.4) is 0 Å². The number of benzene rings is 1. The second kappa shape index (κ2) is 8.20. The normalized spacial score (nSPS) is 19.5. The van der Waals surface area contributed by atoms with E-state index >= 15 is 0 Å². The lowest BCUT2D eigenvalue weighted by atomic mass is 10.2. The van der Waals surface area contributed by atoms with E-state index < -0.39 is 21.2 Å². The first kappa shape index (κ1) is 19.7. The summed E-state index contributed by atoms with van der Waals surface area (Å²) in [6.07, 6.45) is 2.66. The predicted octanol–water partition coefficient (Wildman–Crippen LogP) is 1.41. The Hall–Kier alpha value is -1.58. The van der Waals surface area contributed by atoms with E-state index in [1.807, 2.05) is 0 Å². The van der Waals surface area contributed by atoms with Gasteiger partial charge in [-0.25, -0.2) is 8.42 Å². The van der Waals surface area contributed by atoms with Gasteiger partial charge < -0.3 is 10.4 Å². The van der Waals surface area contributed by atoms with E-state index in [1.54, 1.807) is 31.2 Å². The maximum Gasteiger partial charge on any atom is 0.316 e. The standard InChI is InChI=1S/C16H22N2O5S2/c1-11(16(20)21)24-14-8-4-3-7-13(14)15(19)17-10-12-6-5-9-18(12)25(2,22)23/h3-4,7-8,11-12H,5-6,9-10H2,1-2H3,(H,17,19)(H,20,21)/t11?,12-/m1/s1. The summed E-state index contributed by atoms with van der Waals surface area (Å²) in [6, 6.07) is 6.56. The summed E-state index contributed by atoms with van der Waals surface area (Å²) in [7, 11) is -3.29. The molecular weight excluding hydrogens is 364 g/mol. The van der Waals surface area contributed by atoms with Gasteiger partial charge in [-0.2, -0.15) is 4.31 Å². The lowest BCUT2D eigenvalue weighted by molar-refractivity contribution is -0.136. The quantitative estimate of drug-likeness (QED) is 0.687. The molecule has 0 radical (unpaired) electrons. The monoisotopic (exact) mass is 386 g/mol. The van der Waals surface area contributed by atoms with E-state index in [2.05, 4.69) is 5.32 Å². The number of nitrogens with one attached hydrogen (secondary N) is 1. The van der Waals surface area contributed by atoms with Crippen molar-refractivity contribution in [3.63, 3.8) is 0 Å². The molecule has 1 unspecified atom stereocenters. The molecular formula is C16H22N2O5S2. The van der Waals surface area contributed by atoms with E-state index in [0.717, 1.165) is 18.2 Å². The van der Waals surface area contributed by atoms with Crippen LogP contribution in [-0.4, -0.2) is 60.3 Å². The van der Waals surface area contributed by atoms with Crippen molar-refractivity contribution in [2.45, 2.75) is 36.0 Å². The maximum atomic E-state index is 12.5. The van der Waals surface area contributed by atoms with Gasteiger partial charge in [0.25, 0.3) is 5.91 Å². The number of carboxylic acid groups (broad SMARTS) is 1. The maximum absolute atomic E-state index is 12.5. The van der Waals surface area contributed by atoms with Crippen molar-refractivity contribution in [1.82, 2.24) is 9.62 Å². The zero-order chi connectivity index (χ0) is 18.6. The van der Waals surface area contributed by atoms with Gasteiger partial charge in [-0.3, -0.25) is 9.59 Å². The first-order valence-electron chi connectivity index (χ1n) is 7.93. The Morgan fingerprint density at radius 3 is 2.72 bits per heavy atom. The lowest BCUT2D eigenvalue weighted by Crippen LogP contribution is -2.42. The molecule has 2 N–H and O–H groups in total. The molecule has 1 aliphatic rings. The Morgan fingerprint density at radius 2 is 2.08 bits per heavy atom. The number of carbonyl (C=O) groups excluding carboxylic acids is 1. The predicted molar refractivity (Wildman–Crippen MR) is 96.3 cm³/mol. The van der Waals surface area contributed by atoms with Crippen molar-refractivity contribution in [2.24, 2.45) is 0 Å². The molecule has 1 aromatic carbocycles. The molecule has 0 saturated carbocycles. The summed E-state index contributed by atoms with van der Waals surface area (Å²) in [5, 5.41) is 11.1.